The molecule has 15 heavy (non-hydrogen) atoms. The molecule has 0 bridgehead atoms. The fourth-order valence-electron chi connectivity index (χ4n) is 4.23. The summed E-state index contributed by atoms with van der Waals surface area (Å²) in [6.07, 6.45) is 10.7. The number of allylic oxidation sites excluding steroid dienone is 2. The van der Waals surface area contributed by atoms with Gasteiger partial charge in [0.25, 0.3) is 0 Å². The summed E-state index contributed by atoms with van der Waals surface area (Å²) in [6.45, 7) is 2.25. The zero-order valence-corrected chi connectivity index (χ0v) is 9.59. The Labute approximate surface area is 91.9 Å². The lowest BCUT2D eigenvalue weighted by Crippen LogP contribution is -2.42. The second-order valence-corrected chi connectivity index (χ2v) is 5.84. The number of Topliss-reactive ketones (excluding diaryl/α,β-unsaturated/α-hetero) is 1. The van der Waals surface area contributed by atoms with Gasteiger partial charge in [0, 0.05) is 11.8 Å². The maximum atomic E-state index is 12.2. The molecule has 0 spiro atoms. The molecule has 82 valence electrons. The number of carbonyl (C=O) groups is 1. The van der Waals surface area contributed by atoms with Gasteiger partial charge in [-0.3, -0.25) is 4.79 Å². The normalized spacial score (nSPS) is 44.6. The summed E-state index contributed by atoms with van der Waals surface area (Å²) in [6, 6.07) is 0. The zero-order chi connectivity index (χ0) is 10.5. The topological polar surface area (TPSA) is 17.1 Å². The van der Waals surface area contributed by atoms with Crippen LogP contribution >= 0.6 is 0 Å². The van der Waals surface area contributed by atoms with Crippen molar-refractivity contribution < 1.29 is 4.79 Å². The maximum absolute atomic E-state index is 12.2. The second kappa shape index (κ2) is 3.20. The molecule has 3 aliphatic rings. The SMILES string of the molecule is C[C@@]12CCCCC3=CC[C@@H](CCC1=O)[C@H]32. The number of hydrogen-bond acceptors (Lipinski definition) is 1. The molecule has 0 amide bonds. The van der Waals surface area contributed by atoms with Gasteiger partial charge in [-0.1, -0.05) is 25.0 Å². The lowest BCUT2D eigenvalue weighted by molar-refractivity contribution is -0.135. The molecule has 2 fully saturated rings. The van der Waals surface area contributed by atoms with Crippen molar-refractivity contribution in [1.29, 1.82) is 0 Å². The van der Waals surface area contributed by atoms with Crippen LogP contribution < -0.4 is 0 Å². The van der Waals surface area contributed by atoms with E-state index in [0.717, 1.165) is 25.2 Å². The van der Waals surface area contributed by atoms with Crippen LogP contribution in [0.3, 0.4) is 0 Å². The standard InChI is InChI=1S/C14H20O/c1-14-9-3-2-4-10-5-6-11(13(10)14)7-8-12(14)15/h5,11,13H,2-4,6-9H2,1H3/t11-,13-,14+/m0/s1. The Bertz CT molecular complexity index is 328. The molecule has 3 rings (SSSR count). The lowest BCUT2D eigenvalue weighted by Gasteiger charge is -2.42. The van der Waals surface area contributed by atoms with E-state index >= 15 is 0 Å². The van der Waals surface area contributed by atoms with Gasteiger partial charge in [0.2, 0.25) is 0 Å². The van der Waals surface area contributed by atoms with E-state index in [4.69, 9.17) is 0 Å². The Balaban J connectivity index is 2.03. The van der Waals surface area contributed by atoms with Crippen LogP contribution in [0.25, 0.3) is 0 Å². The largest absolute Gasteiger partial charge is 0.299 e. The van der Waals surface area contributed by atoms with Crippen molar-refractivity contribution in [3.8, 4) is 0 Å². The summed E-state index contributed by atoms with van der Waals surface area (Å²) in [5, 5.41) is 0. The fourth-order valence-corrected chi connectivity index (χ4v) is 4.23. The second-order valence-electron chi connectivity index (χ2n) is 5.84. The van der Waals surface area contributed by atoms with Crippen LogP contribution in [0.4, 0.5) is 0 Å². The first-order chi connectivity index (χ1) is 7.22. The maximum Gasteiger partial charge on any atom is 0.139 e. The summed E-state index contributed by atoms with van der Waals surface area (Å²) in [5.41, 5.74) is 1.65. The van der Waals surface area contributed by atoms with Crippen LogP contribution in [0, 0.1) is 17.3 Å². The molecule has 0 radical (unpaired) electrons. The van der Waals surface area contributed by atoms with E-state index in [2.05, 4.69) is 13.0 Å². The molecule has 1 heteroatoms. The first-order valence-corrected chi connectivity index (χ1v) is 6.44. The van der Waals surface area contributed by atoms with Gasteiger partial charge in [0.15, 0.2) is 0 Å². The van der Waals surface area contributed by atoms with Crippen molar-refractivity contribution in [3.63, 3.8) is 0 Å². The van der Waals surface area contributed by atoms with Crippen molar-refractivity contribution >= 4 is 5.78 Å². The van der Waals surface area contributed by atoms with Gasteiger partial charge < -0.3 is 0 Å². The molecule has 3 aliphatic carbocycles. The van der Waals surface area contributed by atoms with Crippen LogP contribution in [0.1, 0.15) is 51.9 Å². The molecule has 0 unspecified atom stereocenters. The Hall–Kier alpha value is -0.590. The van der Waals surface area contributed by atoms with Gasteiger partial charge in [-0.15, -0.1) is 0 Å². The monoisotopic (exact) mass is 204 g/mol. The van der Waals surface area contributed by atoms with Crippen LogP contribution in [0.5, 0.6) is 0 Å². The Morgan fingerprint density at radius 3 is 3.07 bits per heavy atom. The fraction of sp³-hybridized carbons (Fsp3) is 0.786. The van der Waals surface area contributed by atoms with Gasteiger partial charge in [0.1, 0.15) is 5.78 Å². The van der Waals surface area contributed by atoms with Crippen molar-refractivity contribution in [2.75, 3.05) is 0 Å². The minimum absolute atomic E-state index is 0.0156. The predicted molar refractivity (Wildman–Crippen MR) is 60.5 cm³/mol. The lowest BCUT2D eigenvalue weighted by atomic mass is 9.60. The summed E-state index contributed by atoms with van der Waals surface area (Å²) in [4.78, 5) is 12.2. The molecular weight excluding hydrogens is 184 g/mol. The Morgan fingerprint density at radius 1 is 1.33 bits per heavy atom. The van der Waals surface area contributed by atoms with E-state index in [-0.39, 0.29) is 5.41 Å². The van der Waals surface area contributed by atoms with Crippen LogP contribution in [0.15, 0.2) is 11.6 Å². The smallest absolute Gasteiger partial charge is 0.139 e. The van der Waals surface area contributed by atoms with E-state index in [0.29, 0.717) is 11.7 Å². The van der Waals surface area contributed by atoms with Gasteiger partial charge >= 0.3 is 0 Å². The summed E-state index contributed by atoms with van der Waals surface area (Å²) < 4.78 is 0. The van der Waals surface area contributed by atoms with Gasteiger partial charge in [-0.2, -0.15) is 0 Å². The quantitative estimate of drug-likeness (QED) is 0.552. The van der Waals surface area contributed by atoms with Gasteiger partial charge in [-0.25, -0.2) is 0 Å². The third kappa shape index (κ3) is 1.25. The molecule has 3 atom stereocenters. The minimum atomic E-state index is 0.0156. The average Bonchev–Trinajstić information content (AvgIpc) is 2.55. The molecule has 0 N–H and O–H groups in total. The first-order valence-electron chi connectivity index (χ1n) is 6.44. The molecule has 0 aromatic rings. The number of hydrogen-bond donors (Lipinski definition) is 0. The molecule has 2 saturated carbocycles. The predicted octanol–water partition coefficient (Wildman–Crippen LogP) is 3.49. The molecule has 0 heterocycles. The van der Waals surface area contributed by atoms with E-state index in [1.165, 1.54) is 25.7 Å². The number of ketones is 1. The van der Waals surface area contributed by atoms with Gasteiger partial charge in [0.05, 0.1) is 0 Å². The molecule has 0 aromatic heterocycles. The third-order valence-corrected chi connectivity index (χ3v) is 5.03. The third-order valence-electron chi connectivity index (χ3n) is 5.03. The molecule has 0 aromatic carbocycles. The van der Waals surface area contributed by atoms with Crippen molar-refractivity contribution in [3.05, 3.63) is 11.6 Å². The molecule has 0 saturated heterocycles. The highest BCUT2D eigenvalue weighted by Crippen LogP contribution is 2.55. The van der Waals surface area contributed by atoms with E-state index in [1.807, 2.05) is 0 Å². The Kier molecular flexibility index (Phi) is 2.05. The highest BCUT2D eigenvalue weighted by atomic mass is 16.1. The van der Waals surface area contributed by atoms with E-state index in [9.17, 15) is 4.79 Å². The molecule has 0 aliphatic heterocycles. The van der Waals surface area contributed by atoms with Crippen LogP contribution in [0.2, 0.25) is 0 Å². The first kappa shape index (κ1) is 9.62. The highest BCUT2D eigenvalue weighted by Gasteiger charge is 2.50. The molecular formula is C14H20O. The zero-order valence-electron chi connectivity index (χ0n) is 9.59. The highest BCUT2D eigenvalue weighted by molar-refractivity contribution is 5.86. The average molecular weight is 204 g/mol. The van der Waals surface area contributed by atoms with Crippen molar-refractivity contribution in [2.24, 2.45) is 17.3 Å². The summed E-state index contributed by atoms with van der Waals surface area (Å²) in [5.74, 6) is 1.99. The summed E-state index contributed by atoms with van der Waals surface area (Å²) in [7, 11) is 0. The van der Waals surface area contributed by atoms with E-state index in [1.54, 1.807) is 5.57 Å². The van der Waals surface area contributed by atoms with Gasteiger partial charge in [-0.05, 0) is 43.9 Å². The van der Waals surface area contributed by atoms with E-state index < -0.39 is 0 Å². The van der Waals surface area contributed by atoms with Crippen molar-refractivity contribution in [2.45, 2.75) is 51.9 Å². The Morgan fingerprint density at radius 2 is 2.20 bits per heavy atom. The number of rotatable bonds is 0. The number of carbonyl (C=O) groups excluding carboxylic acids is 1. The van der Waals surface area contributed by atoms with Crippen LogP contribution in [-0.2, 0) is 4.79 Å². The van der Waals surface area contributed by atoms with Crippen molar-refractivity contribution in [1.82, 2.24) is 0 Å². The van der Waals surface area contributed by atoms with Crippen LogP contribution in [-0.4, -0.2) is 5.78 Å². The minimum Gasteiger partial charge on any atom is -0.299 e. The molecule has 1 nitrogen and oxygen atoms in total. The summed E-state index contributed by atoms with van der Waals surface area (Å²) >= 11 is 0.